The van der Waals surface area contributed by atoms with Gasteiger partial charge in [0, 0.05) is 67.7 Å². The molecule has 3 aromatic heterocycles. The Morgan fingerprint density at radius 2 is 1.82 bits per heavy atom. The molecule has 1 atom stereocenters. The maximum absolute atomic E-state index is 15.6. The Labute approximate surface area is 266 Å². The van der Waals surface area contributed by atoms with E-state index < -0.39 is 11.9 Å². The van der Waals surface area contributed by atoms with Crippen LogP contribution in [-0.2, 0) is 25.9 Å². The number of aliphatic hydroxyl groups excluding tert-OH is 1. The highest BCUT2D eigenvalue weighted by atomic mass is 35.5. The number of pyridine rings is 3. The van der Waals surface area contributed by atoms with Gasteiger partial charge in [0.25, 0.3) is 0 Å². The molecule has 0 radical (unpaired) electrons. The standard InChI is InChI=1S/C35H32Cl2FN5O/c1-21(44)19-43-11-9-23-14-31(41-18-27(23)20-43)30(38)13-24-4-2-6-28(33(24)36)29-7-3-5-25(34(29)37)15-32-35-26(8-10-40-32)12-22(16-39)17-42-35/h2-8,10,12-14,17-18,21,44H,9,11,15-16,19-20,39H2,1H3/b30-13-/t21-/m1/s1. The first-order chi connectivity index (χ1) is 21.3. The minimum atomic E-state index is -0.467. The van der Waals surface area contributed by atoms with Crippen LogP contribution >= 0.6 is 23.2 Å². The molecule has 2 aromatic carbocycles. The van der Waals surface area contributed by atoms with Gasteiger partial charge in [0.15, 0.2) is 0 Å². The molecule has 1 aliphatic rings. The van der Waals surface area contributed by atoms with Gasteiger partial charge in [-0.3, -0.25) is 19.9 Å². The molecule has 0 amide bonds. The summed E-state index contributed by atoms with van der Waals surface area (Å²) in [6.45, 7) is 4.30. The lowest BCUT2D eigenvalue weighted by Crippen LogP contribution is -2.35. The van der Waals surface area contributed by atoms with Gasteiger partial charge >= 0.3 is 0 Å². The fourth-order valence-corrected chi connectivity index (χ4v) is 6.33. The summed E-state index contributed by atoms with van der Waals surface area (Å²) in [5.41, 5.74) is 13.6. The van der Waals surface area contributed by atoms with E-state index in [2.05, 4.69) is 19.9 Å². The van der Waals surface area contributed by atoms with Crippen molar-refractivity contribution in [3.8, 4) is 11.1 Å². The first-order valence-electron chi connectivity index (χ1n) is 14.6. The number of benzene rings is 2. The minimum Gasteiger partial charge on any atom is -0.392 e. The lowest BCUT2D eigenvalue weighted by atomic mass is 9.97. The van der Waals surface area contributed by atoms with Crippen LogP contribution in [0.5, 0.6) is 0 Å². The number of nitrogens with zero attached hydrogens (tertiary/aromatic N) is 4. The summed E-state index contributed by atoms with van der Waals surface area (Å²) in [4.78, 5) is 15.8. The Bertz CT molecular complexity index is 1880. The Balaban J connectivity index is 1.27. The van der Waals surface area contributed by atoms with Crippen LogP contribution in [0.15, 0.2) is 73.2 Å². The minimum absolute atomic E-state index is 0.268. The van der Waals surface area contributed by atoms with Crippen LogP contribution in [0.2, 0.25) is 10.0 Å². The summed E-state index contributed by atoms with van der Waals surface area (Å²) in [7, 11) is 0. The third kappa shape index (κ3) is 6.39. The summed E-state index contributed by atoms with van der Waals surface area (Å²) in [6, 6.07) is 17.1. The van der Waals surface area contributed by atoms with E-state index in [-0.39, 0.29) is 5.69 Å². The van der Waals surface area contributed by atoms with Gasteiger partial charge in [-0.25, -0.2) is 4.39 Å². The maximum Gasteiger partial charge on any atom is 0.149 e. The molecular formula is C35H32Cl2FN5O. The third-order valence-electron chi connectivity index (χ3n) is 7.95. The average molecular weight is 629 g/mol. The molecule has 9 heteroatoms. The quantitative estimate of drug-likeness (QED) is 0.188. The molecule has 0 spiro atoms. The van der Waals surface area contributed by atoms with Gasteiger partial charge in [-0.1, -0.05) is 59.6 Å². The summed E-state index contributed by atoms with van der Waals surface area (Å²) >= 11 is 13.9. The van der Waals surface area contributed by atoms with E-state index in [4.69, 9.17) is 28.9 Å². The monoisotopic (exact) mass is 627 g/mol. The van der Waals surface area contributed by atoms with Crippen molar-refractivity contribution in [3.63, 3.8) is 0 Å². The van der Waals surface area contributed by atoms with Crippen LogP contribution in [0.3, 0.4) is 0 Å². The predicted molar refractivity (Wildman–Crippen MR) is 176 cm³/mol. The maximum atomic E-state index is 15.6. The van der Waals surface area contributed by atoms with Crippen LogP contribution in [0.1, 0.15) is 46.1 Å². The number of nitrogens with two attached hydrogens (primary N) is 1. The van der Waals surface area contributed by atoms with E-state index in [0.717, 1.165) is 57.4 Å². The number of aliphatic hydroxyl groups is 1. The molecule has 0 saturated heterocycles. The number of fused-ring (bicyclic) bond motifs is 2. The highest BCUT2D eigenvalue weighted by molar-refractivity contribution is 6.37. The molecule has 3 N–H and O–H groups in total. The van der Waals surface area contributed by atoms with Gasteiger partial charge < -0.3 is 10.8 Å². The molecule has 6 nitrogen and oxygen atoms in total. The predicted octanol–water partition coefficient (Wildman–Crippen LogP) is 7.25. The molecule has 0 aliphatic carbocycles. The number of hydrogen-bond acceptors (Lipinski definition) is 6. The lowest BCUT2D eigenvalue weighted by molar-refractivity contribution is 0.119. The fraction of sp³-hybridized carbons (Fsp3) is 0.229. The van der Waals surface area contributed by atoms with Crippen molar-refractivity contribution >= 4 is 46.0 Å². The molecule has 0 bridgehead atoms. The van der Waals surface area contributed by atoms with Crippen LogP contribution in [0, 0.1) is 0 Å². The molecule has 5 aromatic rings. The Hall–Kier alpha value is -3.72. The molecule has 4 heterocycles. The number of aromatic nitrogens is 3. The van der Waals surface area contributed by atoms with E-state index in [9.17, 15) is 5.11 Å². The van der Waals surface area contributed by atoms with Crippen LogP contribution in [0.25, 0.3) is 33.9 Å². The van der Waals surface area contributed by atoms with Crippen LogP contribution in [0.4, 0.5) is 4.39 Å². The van der Waals surface area contributed by atoms with E-state index >= 15 is 4.39 Å². The van der Waals surface area contributed by atoms with Gasteiger partial charge in [0.1, 0.15) is 5.83 Å². The van der Waals surface area contributed by atoms with Gasteiger partial charge in [-0.15, -0.1) is 0 Å². The average Bonchev–Trinajstić information content (AvgIpc) is 3.02. The summed E-state index contributed by atoms with van der Waals surface area (Å²) in [5, 5.41) is 11.6. The molecule has 0 fully saturated rings. The van der Waals surface area contributed by atoms with E-state index in [1.807, 2.05) is 48.5 Å². The molecule has 1 aliphatic heterocycles. The van der Waals surface area contributed by atoms with Crippen molar-refractivity contribution in [2.24, 2.45) is 5.73 Å². The van der Waals surface area contributed by atoms with Crippen molar-refractivity contribution in [1.82, 2.24) is 19.9 Å². The molecular weight excluding hydrogens is 596 g/mol. The zero-order chi connectivity index (χ0) is 30.8. The Morgan fingerprint density at radius 3 is 2.61 bits per heavy atom. The smallest absolute Gasteiger partial charge is 0.149 e. The SMILES string of the molecule is C[C@@H](O)CN1CCc2cc(/C(F)=C/c3cccc(-c4cccc(Cc5nccc6cc(CN)cnc56)c4Cl)c3Cl)ncc2C1. The van der Waals surface area contributed by atoms with E-state index in [1.54, 1.807) is 31.6 Å². The zero-order valence-electron chi connectivity index (χ0n) is 24.3. The van der Waals surface area contributed by atoms with Gasteiger partial charge in [-0.05, 0) is 65.4 Å². The molecule has 224 valence electrons. The Morgan fingerprint density at radius 1 is 1.02 bits per heavy atom. The van der Waals surface area contributed by atoms with Gasteiger partial charge in [0.05, 0.1) is 33.1 Å². The normalized spacial score (nSPS) is 14.5. The Kier molecular flexibility index (Phi) is 9.03. The van der Waals surface area contributed by atoms with Gasteiger partial charge in [-0.2, -0.15) is 0 Å². The van der Waals surface area contributed by atoms with Crippen LogP contribution in [-0.4, -0.2) is 44.2 Å². The number of rotatable bonds is 8. The number of halogens is 3. The van der Waals surface area contributed by atoms with Gasteiger partial charge in [0.2, 0.25) is 0 Å². The first kappa shape index (κ1) is 30.3. The second kappa shape index (κ2) is 13.1. The lowest BCUT2D eigenvalue weighted by Gasteiger charge is -2.29. The fourth-order valence-electron chi connectivity index (χ4n) is 5.75. The van der Waals surface area contributed by atoms with Crippen molar-refractivity contribution in [2.75, 3.05) is 13.1 Å². The van der Waals surface area contributed by atoms with Crippen molar-refractivity contribution in [2.45, 2.75) is 39.0 Å². The second-order valence-electron chi connectivity index (χ2n) is 11.2. The van der Waals surface area contributed by atoms with Crippen LogP contribution < -0.4 is 5.73 Å². The molecule has 6 rings (SSSR count). The summed E-state index contributed by atoms with van der Waals surface area (Å²) in [6.07, 6.45) is 7.54. The van der Waals surface area contributed by atoms with E-state index in [1.165, 1.54) is 6.08 Å². The number of hydrogen-bond donors (Lipinski definition) is 2. The van der Waals surface area contributed by atoms with E-state index in [0.29, 0.717) is 47.2 Å². The zero-order valence-corrected chi connectivity index (χ0v) is 25.8. The highest BCUT2D eigenvalue weighted by Crippen LogP contribution is 2.39. The largest absolute Gasteiger partial charge is 0.392 e. The summed E-state index contributed by atoms with van der Waals surface area (Å²) in [5.74, 6) is -0.467. The summed E-state index contributed by atoms with van der Waals surface area (Å²) < 4.78 is 15.6. The molecule has 44 heavy (non-hydrogen) atoms. The number of β-amino-alcohol motifs (C(OH)–C–C–N with tert-alkyl or cyclic N) is 1. The topological polar surface area (TPSA) is 88.2 Å². The molecule has 0 saturated carbocycles. The third-order valence-corrected chi connectivity index (χ3v) is 8.81. The van der Waals surface area contributed by atoms with Crippen molar-refractivity contribution < 1.29 is 9.50 Å². The molecule has 0 unspecified atom stereocenters. The highest BCUT2D eigenvalue weighted by Gasteiger charge is 2.20. The van der Waals surface area contributed by atoms with Crippen molar-refractivity contribution in [1.29, 1.82) is 0 Å². The first-order valence-corrected chi connectivity index (χ1v) is 15.3. The second-order valence-corrected chi connectivity index (χ2v) is 12.0. The van der Waals surface area contributed by atoms with Crippen molar-refractivity contribution in [3.05, 3.63) is 122 Å².